The van der Waals surface area contributed by atoms with Crippen LogP contribution in [0.2, 0.25) is 0 Å². The largest absolute Gasteiger partial charge is 0.313 e. The molecule has 2 rings (SSSR count). The number of rotatable bonds is 8. The van der Waals surface area contributed by atoms with Crippen LogP contribution in [0.1, 0.15) is 18.5 Å². The summed E-state index contributed by atoms with van der Waals surface area (Å²) in [6.45, 7) is 1.16. The predicted octanol–water partition coefficient (Wildman–Crippen LogP) is 0.295. The van der Waals surface area contributed by atoms with E-state index in [1.54, 1.807) is 6.20 Å². The van der Waals surface area contributed by atoms with Crippen molar-refractivity contribution >= 4 is 10.0 Å². The van der Waals surface area contributed by atoms with Gasteiger partial charge in [-0.15, -0.1) is 0 Å². The van der Waals surface area contributed by atoms with Gasteiger partial charge in [0.05, 0.1) is 5.75 Å². The van der Waals surface area contributed by atoms with Crippen molar-refractivity contribution in [2.75, 3.05) is 18.8 Å². The minimum atomic E-state index is -3.19. The van der Waals surface area contributed by atoms with E-state index in [1.807, 2.05) is 18.2 Å². The van der Waals surface area contributed by atoms with E-state index in [9.17, 15) is 8.42 Å². The maximum atomic E-state index is 11.7. The van der Waals surface area contributed by atoms with Gasteiger partial charge in [-0.3, -0.25) is 4.98 Å². The Balaban J connectivity index is 1.66. The number of hydrogen-bond donors (Lipinski definition) is 2. The summed E-state index contributed by atoms with van der Waals surface area (Å²) in [6.07, 6.45) is 4.56. The Kier molecular flexibility index (Phi) is 4.68. The highest BCUT2D eigenvalue weighted by atomic mass is 32.2. The molecule has 0 spiro atoms. The molecule has 0 saturated heterocycles. The fraction of sp³-hybridized carbons (Fsp3) is 0.583. The van der Waals surface area contributed by atoms with Crippen LogP contribution in [-0.2, 0) is 16.4 Å². The van der Waals surface area contributed by atoms with Crippen LogP contribution in [0.25, 0.3) is 0 Å². The van der Waals surface area contributed by atoms with Crippen LogP contribution in [0.4, 0.5) is 0 Å². The van der Waals surface area contributed by atoms with Gasteiger partial charge < -0.3 is 5.32 Å². The van der Waals surface area contributed by atoms with Crippen LogP contribution >= 0.6 is 0 Å². The molecule has 1 aromatic heterocycles. The zero-order chi connectivity index (χ0) is 12.8. The van der Waals surface area contributed by atoms with E-state index in [-0.39, 0.29) is 5.75 Å². The lowest BCUT2D eigenvalue weighted by Gasteiger charge is -2.07. The van der Waals surface area contributed by atoms with Crippen LogP contribution in [0, 0.1) is 0 Å². The van der Waals surface area contributed by atoms with Crippen molar-refractivity contribution in [2.45, 2.75) is 25.3 Å². The molecule has 1 aliphatic carbocycles. The van der Waals surface area contributed by atoms with Crippen LogP contribution in [0.5, 0.6) is 0 Å². The summed E-state index contributed by atoms with van der Waals surface area (Å²) >= 11 is 0. The van der Waals surface area contributed by atoms with Crippen molar-refractivity contribution in [1.82, 2.24) is 15.0 Å². The van der Waals surface area contributed by atoms with Crippen molar-refractivity contribution in [3.63, 3.8) is 0 Å². The third-order valence-corrected chi connectivity index (χ3v) is 4.20. The molecular weight excluding hydrogens is 250 g/mol. The first kappa shape index (κ1) is 13.5. The van der Waals surface area contributed by atoms with E-state index in [1.165, 1.54) is 12.8 Å². The highest BCUT2D eigenvalue weighted by Crippen LogP contribution is 2.17. The van der Waals surface area contributed by atoms with Gasteiger partial charge in [-0.05, 0) is 25.0 Å². The Morgan fingerprint density at radius 2 is 2.11 bits per heavy atom. The summed E-state index contributed by atoms with van der Waals surface area (Å²) in [5, 5.41) is 3.26. The first-order valence-electron chi connectivity index (χ1n) is 6.26. The van der Waals surface area contributed by atoms with Crippen molar-refractivity contribution < 1.29 is 8.42 Å². The second-order valence-corrected chi connectivity index (χ2v) is 6.44. The topological polar surface area (TPSA) is 71.1 Å². The zero-order valence-corrected chi connectivity index (χ0v) is 11.1. The number of hydrogen-bond acceptors (Lipinski definition) is 4. The Labute approximate surface area is 108 Å². The summed E-state index contributed by atoms with van der Waals surface area (Å²) in [6, 6.07) is 6.13. The number of sulfonamides is 1. The molecule has 1 fully saturated rings. The number of aromatic nitrogens is 1. The highest BCUT2D eigenvalue weighted by molar-refractivity contribution is 7.89. The lowest BCUT2D eigenvalue weighted by Crippen LogP contribution is -2.34. The van der Waals surface area contributed by atoms with Gasteiger partial charge in [0.1, 0.15) is 0 Å². The lowest BCUT2D eigenvalue weighted by atomic mass is 10.3. The van der Waals surface area contributed by atoms with Gasteiger partial charge in [-0.25, -0.2) is 13.1 Å². The lowest BCUT2D eigenvalue weighted by molar-refractivity contribution is 0.574. The molecule has 0 aromatic carbocycles. The van der Waals surface area contributed by atoms with Crippen LogP contribution in [0.3, 0.4) is 0 Å². The van der Waals surface area contributed by atoms with Gasteiger partial charge in [0.25, 0.3) is 0 Å². The fourth-order valence-electron chi connectivity index (χ4n) is 1.63. The van der Waals surface area contributed by atoms with Crippen molar-refractivity contribution in [3.8, 4) is 0 Å². The summed E-state index contributed by atoms with van der Waals surface area (Å²) in [5.74, 6) is 0.0907. The molecule has 0 radical (unpaired) electrons. The van der Waals surface area contributed by atoms with Gasteiger partial charge in [-0.1, -0.05) is 6.07 Å². The summed E-state index contributed by atoms with van der Waals surface area (Å²) in [4.78, 5) is 4.11. The second kappa shape index (κ2) is 6.26. The van der Waals surface area contributed by atoms with Crippen molar-refractivity contribution in [3.05, 3.63) is 30.1 Å². The Bertz CT molecular complexity index is 457. The molecule has 5 nitrogen and oxygen atoms in total. The second-order valence-electron chi connectivity index (χ2n) is 4.51. The van der Waals surface area contributed by atoms with E-state index in [0.29, 0.717) is 25.6 Å². The van der Waals surface area contributed by atoms with Gasteiger partial charge in [0, 0.05) is 37.4 Å². The van der Waals surface area contributed by atoms with Gasteiger partial charge in [-0.2, -0.15) is 0 Å². The summed E-state index contributed by atoms with van der Waals surface area (Å²) < 4.78 is 26.0. The zero-order valence-electron chi connectivity index (χ0n) is 10.3. The molecule has 100 valence electrons. The normalized spacial score (nSPS) is 15.8. The monoisotopic (exact) mass is 269 g/mol. The molecule has 0 unspecified atom stereocenters. The summed E-state index contributed by atoms with van der Waals surface area (Å²) in [7, 11) is -3.19. The molecular formula is C12H19N3O2S. The maximum absolute atomic E-state index is 11.7. The number of nitrogens with zero attached hydrogens (tertiary/aromatic N) is 1. The number of nitrogens with one attached hydrogen (secondary N) is 2. The minimum absolute atomic E-state index is 0.0907. The average molecular weight is 269 g/mol. The van der Waals surface area contributed by atoms with Crippen LogP contribution in [-0.4, -0.2) is 38.3 Å². The molecule has 1 aliphatic rings. The molecule has 0 bridgehead atoms. The van der Waals surface area contributed by atoms with E-state index < -0.39 is 10.0 Å². The molecule has 0 atom stereocenters. The van der Waals surface area contributed by atoms with Gasteiger partial charge in [0.15, 0.2) is 0 Å². The van der Waals surface area contributed by atoms with Crippen molar-refractivity contribution in [2.24, 2.45) is 0 Å². The van der Waals surface area contributed by atoms with E-state index >= 15 is 0 Å². The van der Waals surface area contributed by atoms with Crippen molar-refractivity contribution in [1.29, 1.82) is 0 Å². The Morgan fingerprint density at radius 3 is 2.78 bits per heavy atom. The standard InChI is InChI=1S/C12H19N3O2S/c16-18(17,15-9-8-14-12-4-5-12)10-6-11-3-1-2-7-13-11/h1-3,7,12,14-15H,4-6,8-10H2. The Morgan fingerprint density at radius 1 is 1.28 bits per heavy atom. The SMILES string of the molecule is O=S(=O)(CCc1ccccn1)NCCNC1CC1. The fourth-order valence-corrected chi connectivity index (χ4v) is 2.66. The van der Waals surface area contributed by atoms with E-state index in [4.69, 9.17) is 0 Å². The molecule has 0 amide bonds. The third-order valence-electron chi connectivity index (χ3n) is 2.81. The van der Waals surface area contributed by atoms with Crippen LogP contribution < -0.4 is 10.0 Å². The maximum Gasteiger partial charge on any atom is 0.212 e. The average Bonchev–Trinajstić information content (AvgIpc) is 3.18. The minimum Gasteiger partial charge on any atom is -0.313 e. The van der Waals surface area contributed by atoms with Crippen LogP contribution in [0.15, 0.2) is 24.4 Å². The molecule has 6 heteroatoms. The first-order chi connectivity index (χ1) is 8.66. The quantitative estimate of drug-likeness (QED) is 0.666. The number of aryl methyl sites for hydroxylation is 1. The van der Waals surface area contributed by atoms with E-state index in [2.05, 4.69) is 15.0 Å². The molecule has 1 saturated carbocycles. The highest BCUT2D eigenvalue weighted by Gasteiger charge is 2.19. The summed E-state index contributed by atoms with van der Waals surface area (Å²) in [5.41, 5.74) is 0.805. The van der Waals surface area contributed by atoms with E-state index in [0.717, 1.165) is 5.69 Å². The third kappa shape index (κ3) is 5.12. The van der Waals surface area contributed by atoms with Gasteiger partial charge >= 0.3 is 0 Å². The molecule has 1 heterocycles. The Hall–Kier alpha value is -0.980. The van der Waals surface area contributed by atoms with Gasteiger partial charge in [0.2, 0.25) is 10.0 Å². The predicted molar refractivity (Wildman–Crippen MR) is 70.8 cm³/mol. The molecule has 2 N–H and O–H groups in total. The first-order valence-corrected chi connectivity index (χ1v) is 7.91. The molecule has 18 heavy (non-hydrogen) atoms. The molecule has 0 aliphatic heterocycles. The number of pyridine rings is 1. The molecule has 1 aromatic rings. The smallest absolute Gasteiger partial charge is 0.212 e.